The number of aromatic hydroxyl groups is 17. The zero-order chi connectivity index (χ0) is 55.9. The zero-order valence-electron chi connectivity index (χ0n) is 38.1. The van der Waals surface area contributed by atoms with Crippen LogP contribution in [0.15, 0.2) is 36.4 Å². The van der Waals surface area contributed by atoms with Crippen molar-refractivity contribution in [1.29, 1.82) is 0 Å². The Bertz CT molecular complexity index is 3640. The lowest BCUT2D eigenvalue weighted by atomic mass is 9.73. The largest absolute Gasteiger partial charge is 0.507 e. The van der Waals surface area contributed by atoms with Crippen molar-refractivity contribution >= 4 is 23.9 Å². The summed E-state index contributed by atoms with van der Waals surface area (Å²) < 4.78 is 29.0. The molecule has 7 atom stereocenters. The third kappa shape index (κ3) is 7.28. The third-order valence-corrected chi connectivity index (χ3v) is 13.5. The van der Waals surface area contributed by atoms with Crippen molar-refractivity contribution in [3.05, 3.63) is 80.9 Å². The van der Waals surface area contributed by atoms with Crippen LogP contribution in [0.3, 0.4) is 0 Å². The summed E-state index contributed by atoms with van der Waals surface area (Å²) in [6.45, 7) is -1.46. The SMILES string of the molecule is O=C1OC[C@@H](O)[C@H]([C@@H]2OC(=O)c3cc(O)c(O)c(O)c3-c3c(O)c(O)c(O)c4c3C(=O)O[C@H]2[C@H]4c2c(O)cc(O)c3c2O[C@H](c2cc(O)c(O)c(O)c2)[C@@H](O)C3)OC(=O)c2cc(O)c(O)c(O)c2-c2c1cc(O)c(O)c2O. The minimum Gasteiger partial charge on any atom is -0.507 e. The van der Waals surface area contributed by atoms with Gasteiger partial charge in [-0.05, 0) is 30.3 Å². The molecule has 0 saturated heterocycles. The molecule has 19 N–H and O–H groups in total. The number of esters is 4. The van der Waals surface area contributed by atoms with Crippen LogP contribution in [0.1, 0.15) is 75.7 Å². The average Bonchev–Trinajstić information content (AvgIpc) is 3.47. The standard InChI is InChI=1S/C49H36O28/c50-14-7-15(51)26(42-10(14)3-21(57)41(74-42)9-1-16(52)31(59)17(53)2-9)29-28-30-27(38(66)40(68)39(28)67)25-13(6-20(56)34(62)37(25)65)48(71)77-45(44(29)76-49(30)72)43-22(58)8-73-46(69)11-4-18(54)32(60)35(63)23(11)24-12(47(70)75-43)5-19(55)33(61)36(24)64/h1-2,4-7,21-22,29,41,43-45,50-68H,3,8H2/t21-,22+,29-,41+,43+,44-,45-/m0/s1. The minimum atomic E-state index is -2.81. The lowest BCUT2D eigenvalue weighted by Crippen LogP contribution is -2.55. The van der Waals surface area contributed by atoms with Gasteiger partial charge in [-0.2, -0.15) is 0 Å². The highest BCUT2D eigenvalue weighted by molar-refractivity contribution is 6.11. The molecule has 6 aromatic rings. The molecule has 2 bridgehead atoms. The number of phenols is 17. The van der Waals surface area contributed by atoms with E-state index in [-0.39, 0.29) is 5.56 Å². The molecule has 28 heteroatoms. The van der Waals surface area contributed by atoms with Crippen molar-refractivity contribution in [3.8, 4) is 126 Å². The lowest BCUT2D eigenvalue weighted by molar-refractivity contribution is -0.133. The summed E-state index contributed by atoms with van der Waals surface area (Å²) in [5.74, 6) is -32.7. The molecule has 0 amide bonds. The van der Waals surface area contributed by atoms with Crippen molar-refractivity contribution < 1.29 is 140 Å². The zero-order valence-corrected chi connectivity index (χ0v) is 38.1. The van der Waals surface area contributed by atoms with Crippen LogP contribution < -0.4 is 4.74 Å². The van der Waals surface area contributed by atoms with Gasteiger partial charge in [-0.15, -0.1) is 0 Å². The summed E-state index contributed by atoms with van der Waals surface area (Å²) in [6, 6.07) is 3.44. The fraction of sp³-hybridized carbons (Fsp3) is 0.184. The second kappa shape index (κ2) is 17.3. The Morgan fingerprint density at radius 3 is 1.35 bits per heavy atom. The lowest BCUT2D eigenvalue weighted by Gasteiger charge is -2.43. The molecule has 400 valence electrons. The molecule has 0 radical (unpaired) electrons. The highest BCUT2D eigenvalue weighted by Crippen LogP contribution is 2.62. The van der Waals surface area contributed by atoms with Crippen molar-refractivity contribution in [3.63, 3.8) is 0 Å². The van der Waals surface area contributed by atoms with Gasteiger partial charge in [-0.1, -0.05) is 0 Å². The van der Waals surface area contributed by atoms with Crippen LogP contribution >= 0.6 is 0 Å². The number of hydrogen-bond donors (Lipinski definition) is 19. The van der Waals surface area contributed by atoms with Crippen LogP contribution in [-0.4, -0.2) is 158 Å². The highest BCUT2D eigenvalue weighted by Gasteiger charge is 2.56. The average molecular weight is 1070 g/mol. The maximum Gasteiger partial charge on any atom is 0.339 e. The molecule has 0 unspecified atom stereocenters. The van der Waals surface area contributed by atoms with E-state index >= 15 is 0 Å². The smallest absolute Gasteiger partial charge is 0.339 e. The van der Waals surface area contributed by atoms with E-state index in [1.807, 2.05) is 0 Å². The van der Waals surface area contributed by atoms with E-state index in [9.17, 15) is 116 Å². The number of aliphatic hydroxyl groups is 2. The van der Waals surface area contributed by atoms with Crippen LogP contribution in [0.5, 0.6) is 103 Å². The first-order chi connectivity index (χ1) is 36.2. The molecule has 0 aromatic heterocycles. The fourth-order valence-corrected chi connectivity index (χ4v) is 9.96. The minimum absolute atomic E-state index is 0.311. The number of carbonyl (C=O) groups is 4. The summed E-state index contributed by atoms with van der Waals surface area (Å²) in [4.78, 5) is 58.4. The Balaban J connectivity index is 1.28. The van der Waals surface area contributed by atoms with Gasteiger partial charge in [0.25, 0.3) is 0 Å². The van der Waals surface area contributed by atoms with E-state index < -0.39 is 244 Å². The van der Waals surface area contributed by atoms with E-state index in [1.54, 1.807) is 0 Å². The first kappa shape index (κ1) is 50.1. The van der Waals surface area contributed by atoms with E-state index in [4.69, 9.17) is 23.7 Å². The molecular weight excluding hydrogens is 1040 g/mol. The van der Waals surface area contributed by atoms with E-state index in [0.717, 1.165) is 12.1 Å². The van der Waals surface area contributed by atoms with Crippen molar-refractivity contribution in [2.24, 2.45) is 0 Å². The van der Waals surface area contributed by atoms with Crippen molar-refractivity contribution in [2.75, 3.05) is 6.61 Å². The summed E-state index contributed by atoms with van der Waals surface area (Å²) in [5, 5.41) is 211. The molecule has 77 heavy (non-hydrogen) atoms. The number of cyclic esters (lactones) is 3. The summed E-state index contributed by atoms with van der Waals surface area (Å²) in [5.41, 5.74) is -11.7. The quantitative estimate of drug-likeness (QED) is 0.0685. The number of benzene rings is 6. The maximum atomic E-state index is 14.8. The molecule has 0 aliphatic carbocycles. The van der Waals surface area contributed by atoms with Crippen molar-refractivity contribution in [1.82, 2.24) is 0 Å². The van der Waals surface area contributed by atoms with Crippen molar-refractivity contribution in [2.45, 2.75) is 49.0 Å². The van der Waals surface area contributed by atoms with E-state index in [2.05, 4.69) is 0 Å². The molecule has 6 aromatic carbocycles. The van der Waals surface area contributed by atoms with Gasteiger partial charge in [0.2, 0.25) is 23.0 Å². The normalized spacial score (nSPS) is 21.6. The van der Waals surface area contributed by atoms with Gasteiger partial charge in [-0.3, -0.25) is 0 Å². The Hall–Kier alpha value is -10.5. The molecular formula is C49H36O28. The fourth-order valence-electron chi connectivity index (χ4n) is 9.96. The first-order valence-electron chi connectivity index (χ1n) is 22.1. The molecule has 0 spiro atoms. The molecule has 0 saturated carbocycles. The van der Waals surface area contributed by atoms with Gasteiger partial charge in [0.1, 0.15) is 30.0 Å². The number of ether oxygens (including phenoxy) is 5. The third-order valence-electron chi connectivity index (χ3n) is 13.5. The number of phenolic OH excluding ortho intramolecular Hbond substituents is 17. The second-order valence-electron chi connectivity index (χ2n) is 17.9. The highest BCUT2D eigenvalue weighted by atomic mass is 16.6. The summed E-state index contributed by atoms with van der Waals surface area (Å²) in [7, 11) is 0. The molecule has 10 rings (SSSR count). The maximum absolute atomic E-state index is 14.8. The number of fused-ring (bicyclic) bond motifs is 8. The van der Waals surface area contributed by atoms with E-state index in [1.165, 1.54) is 0 Å². The monoisotopic (exact) mass is 1070 g/mol. The van der Waals surface area contributed by atoms with Gasteiger partial charge in [0.05, 0.1) is 34.3 Å². The van der Waals surface area contributed by atoms with Crippen LogP contribution in [0.4, 0.5) is 0 Å². The topological polar surface area (TPSA) is 499 Å². The van der Waals surface area contributed by atoms with Gasteiger partial charge >= 0.3 is 23.9 Å². The van der Waals surface area contributed by atoms with Crippen LogP contribution in [0.2, 0.25) is 0 Å². The Labute approximate surface area is 425 Å². The van der Waals surface area contributed by atoms with Gasteiger partial charge < -0.3 is 121 Å². The number of aliphatic hydroxyl groups excluding tert-OH is 2. The van der Waals surface area contributed by atoms with Gasteiger partial charge in [0.15, 0.2) is 87.7 Å². The number of carbonyl (C=O) groups excluding carboxylic acids is 4. The van der Waals surface area contributed by atoms with Gasteiger partial charge in [-0.25, -0.2) is 19.2 Å². The predicted molar refractivity (Wildman–Crippen MR) is 244 cm³/mol. The predicted octanol–water partition coefficient (Wildman–Crippen LogP) is 2.02. The Kier molecular flexibility index (Phi) is 11.3. The summed E-state index contributed by atoms with van der Waals surface area (Å²) in [6.07, 6.45) is -15.1. The Morgan fingerprint density at radius 1 is 0.364 bits per heavy atom. The molecule has 4 heterocycles. The van der Waals surface area contributed by atoms with Crippen LogP contribution in [-0.2, 0) is 25.4 Å². The number of rotatable bonds is 3. The molecule has 28 nitrogen and oxygen atoms in total. The molecule has 0 fully saturated rings. The van der Waals surface area contributed by atoms with E-state index in [0.29, 0.717) is 24.3 Å². The second-order valence-corrected chi connectivity index (χ2v) is 17.9. The van der Waals surface area contributed by atoms with Crippen LogP contribution in [0.25, 0.3) is 22.3 Å². The van der Waals surface area contributed by atoms with Gasteiger partial charge in [0, 0.05) is 57.0 Å². The number of hydrogen-bond acceptors (Lipinski definition) is 28. The first-order valence-corrected chi connectivity index (χ1v) is 22.1. The summed E-state index contributed by atoms with van der Waals surface area (Å²) >= 11 is 0. The molecule has 4 aliphatic heterocycles. The Morgan fingerprint density at radius 2 is 0.818 bits per heavy atom. The molecule has 4 aliphatic rings. The van der Waals surface area contributed by atoms with Crippen LogP contribution in [0, 0.1) is 0 Å².